The lowest BCUT2D eigenvalue weighted by atomic mass is 10.0. The topological polar surface area (TPSA) is 57.6 Å². The molecule has 0 radical (unpaired) electrons. The number of hydrogen-bond acceptors (Lipinski definition) is 2. The largest absolute Gasteiger partial charge is 0.480 e. The van der Waals surface area contributed by atoms with E-state index in [0.717, 1.165) is 19.3 Å². The molecule has 0 saturated carbocycles. The Morgan fingerprint density at radius 3 is 1.67 bits per heavy atom. The number of nitrogens with zero attached hydrogens (tertiary/aromatic N) is 1. The maximum atomic E-state index is 12.2. The van der Waals surface area contributed by atoms with E-state index in [4.69, 9.17) is 5.11 Å². The standard InChI is InChI=1S/C23H43NO3/c1-2-3-4-5-6-7-8-9-10-11-12-13-14-15-16-19-22(25)24-20-17-18-21(24)23(26)27/h21H,2-20H2,1H3,(H,26,27). The van der Waals surface area contributed by atoms with Gasteiger partial charge in [0.1, 0.15) is 6.04 Å². The highest BCUT2D eigenvalue weighted by Gasteiger charge is 2.33. The van der Waals surface area contributed by atoms with Crippen LogP contribution in [0.2, 0.25) is 0 Å². The van der Waals surface area contributed by atoms with Crippen LogP contribution >= 0.6 is 0 Å². The van der Waals surface area contributed by atoms with Crippen molar-refractivity contribution in [2.24, 2.45) is 0 Å². The molecule has 0 aromatic carbocycles. The summed E-state index contributed by atoms with van der Waals surface area (Å²) in [7, 11) is 0. The van der Waals surface area contributed by atoms with E-state index in [9.17, 15) is 9.59 Å². The molecule has 1 heterocycles. The van der Waals surface area contributed by atoms with Crippen molar-refractivity contribution in [2.45, 2.75) is 129 Å². The minimum atomic E-state index is -0.850. The molecule has 0 bridgehead atoms. The van der Waals surface area contributed by atoms with Gasteiger partial charge in [0.2, 0.25) is 5.91 Å². The summed E-state index contributed by atoms with van der Waals surface area (Å²) in [5.74, 6) is -0.813. The summed E-state index contributed by atoms with van der Waals surface area (Å²) in [6.45, 7) is 2.89. The van der Waals surface area contributed by atoms with E-state index in [1.807, 2.05) is 0 Å². The van der Waals surface area contributed by atoms with Gasteiger partial charge in [-0.15, -0.1) is 0 Å². The fraction of sp³-hybridized carbons (Fsp3) is 0.913. The lowest BCUT2D eigenvalue weighted by Gasteiger charge is -2.21. The van der Waals surface area contributed by atoms with Gasteiger partial charge in [0.25, 0.3) is 0 Å². The van der Waals surface area contributed by atoms with Gasteiger partial charge >= 0.3 is 5.97 Å². The molecule has 158 valence electrons. The monoisotopic (exact) mass is 381 g/mol. The van der Waals surface area contributed by atoms with Crippen molar-refractivity contribution in [1.82, 2.24) is 4.90 Å². The lowest BCUT2D eigenvalue weighted by Crippen LogP contribution is -2.40. The molecular formula is C23H43NO3. The summed E-state index contributed by atoms with van der Waals surface area (Å²) in [5, 5.41) is 9.14. The molecule has 1 rings (SSSR count). The van der Waals surface area contributed by atoms with Crippen molar-refractivity contribution < 1.29 is 14.7 Å². The number of carboxylic acid groups (broad SMARTS) is 1. The molecule has 1 aliphatic rings. The predicted molar refractivity (Wildman–Crippen MR) is 112 cm³/mol. The van der Waals surface area contributed by atoms with Crippen molar-refractivity contribution >= 4 is 11.9 Å². The maximum Gasteiger partial charge on any atom is 0.326 e. The molecule has 1 fully saturated rings. The Labute approximate surface area is 167 Å². The highest BCUT2D eigenvalue weighted by molar-refractivity contribution is 5.84. The van der Waals surface area contributed by atoms with Gasteiger partial charge in [-0.1, -0.05) is 96.8 Å². The Hall–Kier alpha value is -1.06. The van der Waals surface area contributed by atoms with Crippen LogP contribution < -0.4 is 0 Å². The molecule has 1 saturated heterocycles. The zero-order chi connectivity index (χ0) is 19.7. The zero-order valence-corrected chi connectivity index (χ0v) is 17.7. The fourth-order valence-corrected chi connectivity index (χ4v) is 4.11. The van der Waals surface area contributed by atoms with Gasteiger partial charge < -0.3 is 10.0 Å². The van der Waals surface area contributed by atoms with Crippen LogP contribution in [0.5, 0.6) is 0 Å². The molecular weight excluding hydrogens is 338 g/mol. The molecule has 1 aliphatic heterocycles. The van der Waals surface area contributed by atoms with E-state index in [-0.39, 0.29) is 5.91 Å². The number of carbonyl (C=O) groups is 2. The number of aliphatic carboxylic acids is 1. The SMILES string of the molecule is CCCCCCCCCCCCCCCCCC(=O)N1CCCC1C(=O)O. The quantitative estimate of drug-likeness (QED) is 0.300. The molecule has 27 heavy (non-hydrogen) atoms. The van der Waals surface area contributed by atoms with E-state index in [1.54, 1.807) is 4.90 Å². The van der Waals surface area contributed by atoms with Crippen LogP contribution in [-0.4, -0.2) is 34.5 Å². The average Bonchev–Trinajstić information content (AvgIpc) is 3.15. The molecule has 1 atom stereocenters. The third kappa shape index (κ3) is 11.4. The minimum absolute atomic E-state index is 0.0367. The van der Waals surface area contributed by atoms with Crippen LogP contribution in [0.4, 0.5) is 0 Å². The molecule has 1 amide bonds. The molecule has 4 heteroatoms. The van der Waals surface area contributed by atoms with Crippen molar-refractivity contribution in [3.63, 3.8) is 0 Å². The second-order valence-electron chi connectivity index (χ2n) is 8.28. The summed E-state index contributed by atoms with van der Waals surface area (Å²) in [6.07, 6.45) is 21.7. The molecule has 1 N–H and O–H groups in total. The minimum Gasteiger partial charge on any atom is -0.480 e. The normalized spacial score (nSPS) is 16.8. The number of carboxylic acids is 1. The smallest absolute Gasteiger partial charge is 0.326 e. The first-order valence-corrected chi connectivity index (χ1v) is 11.7. The number of unbranched alkanes of at least 4 members (excludes halogenated alkanes) is 14. The summed E-state index contributed by atoms with van der Waals surface area (Å²) < 4.78 is 0. The van der Waals surface area contributed by atoms with Gasteiger partial charge in [-0.25, -0.2) is 4.79 Å². The summed E-state index contributed by atoms with van der Waals surface area (Å²) in [4.78, 5) is 24.9. The molecule has 4 nitrogen and oxygen atoms in total. The Balaban J connectivity index is 1.84. The third-order valence-electron chi connectivity index (χ3n) is 5.85. The second-order valence-corrected chi connectivity index (χ2v) is 8.28. The van der Waals surface area contributed by atoms with Crippen LogP contribution in [0, 0.1) is 0 Å². The van der Waals surface area contributed by atoms with Gasteiger partial charge in [0.15, 0.2) is 0 Å². The lowest BCUT2D eigenvalue weighted by molar-refractivity contribution is -0.148. The van der Waals surface area contributed by atoms with Crippen molar-refractivity contribution in [3.05, 3.63) is 0 Å². The third-order valence-corrected chi connectivity index (χ3v) is 5.85. The molecule has 0 aromatic heterocycles. The second kappa shape index (κ2) is 15.9. The van der Waals surface area contributed by atoms with Gasteiger partial charge in [-0.3, -0.25) is 4.79 Å². The predicted octanol–water partition coefficient (Wildman–Crippen LogP) is 6.32. The highest BCUT2D eigenvalue weighted by atomic mass is 16.4. The Morgan fingerprint density at radius 2 is 1.22 bits per heavy atom. The van der Waals surface area contributed by atoms with E-state index < -0.39 is 12.0 Å². The fourth-order valence-electron chi connectivity index (χ4n) is 4.11. The average molecular weight is 382 g/mol. The number of hydrogen-bond donors (Lipinski definition) is 1. The zero-order valence-electron chi connectivity index (χ0n) is 17.7. The highest BCUT2D eigenvalue weighted by Crippen LogP contribution is 2.20. The Kier molecular flexibility index (Phi) is 14.2. The van der Waals surface area contributed by atoms with Crippen molar-refractivity contribution in [3.8, 4) is 0 Å². The van der Waals surface area contributed by atoms with Gasteiger partial charge in [-0.05, 0) is 19.3 Å². The summed E-state index contributed by atoms with van der Waals surface area (Å²) in [6, 6.07) is -0.575. The molecule has 0 aliphatic carbocycles. The van der Waals surface area contributed by atoms with E-state index in [1.165, 1.54) is 83.5 Å². The Morgan fingerprint density at radius 1 is 0.778 bits per heavy atom. The van der Waals surface area contributed by atoms with Crippen molar-refractivity contribution in [2.75, 3.05) is 6.54 Å². The first-order chi connectivity index (χ1) is 13.2. The molecule has 0 spiro atoms. The number of rotatable bonds is 17. The van der Waals surface area contributed by atoms with E-state index in [2.05, 4.69) is 6.92 Å². The van der Waals surface area contributed by atoms with Gasteiger partial charge in [0, 0.05) is 13.0 Å². The summed E-state index contributed by atoms with van der Waals surface area (Å²) >= 11 is 0. The number of amides is 1. The Bertz CT molecular complexity index is 397. The van der Waals surface area contributed by atoms with E-state index in [0.29, 0.717) is 19.4 Å². The van der Waals surface area contributed by atoms with Gasteiger partial charge in [0.05, 0.1) is 0 Å². The van der Waals surface area contributed by atoms with Crippen molar-refractivity contribution in [1.29, 1.82) is 0 Å². The summed E-state index contributed by atoms with van der Waals surface area (Å²) in [5.41, 5.74) is 0. The van der Waals surface area contributed by atoms with Crippen LogP contribution in [0.15, 0.2) is 0 Å². The molecule has 0 aromatic rings. The van der Waals surface area contributed by atoms with Gasteiger partial charge in [-0.2, -0.15) is 0 Å². The van der Waals surface area contributed by atoms with Crippen LogP contribution in [0.25, 0.3) is 0 Å². The first kappa shape index (κ1) is 24.0. The first-order valence-electron chi connectivity index (χ1n) is 11.7. The van der Waals surface area contributed by atoms with Crippen LogP contribution in [0.3, 0.4) is 0 Å². The molecule has 1 unspecified atom stereocenters. The van der Waals surface area contributed by atoms with Crippen LogP contribution in [-0.2, 0) is 9.59 Å². The van der Waals surface area contributed by atoms with Crippen LogP contribution in [0.1, 0.15) is 122 Å². The van der Waals surface area contributed by atoms with E-state index >= 15 is 0 Å². The maximum absolute atomic E-state index is 12.2. The number of carbonyl (C=O) groups excluding carboxylic acids is 1. The number of likely N-dealkylation sites (tertiary alicyclic amines) is 1.